The summed E-state index contributed by atoms with van der Waals surface area (Å²) in [5.74, 6) is 0.223. The van der Waals surface area contributed by atoms with Crippen molar-refractivity contribution in [1.29, 1.82) is 0 Å². The molecule has 0 heterocycles. The van der Waals surface area contributed by atoms with Gasteiger partial charge in [-0.2, -0.15) is 0 Å². The van der Waals surface area contributed by atoms with E-state index in [4.69, 9.17) is 5.73 Å². The van der Waals surface area contributed by atoms with Crippen LogP contribution in [0.3, 0.4) is 0 Å². The highest BCUT2D eigenvalue weighted by Crippen LogP contribution is 2.16. The van der Waals surface area contributed by atoms with Crippen LogP contribution in [0.4, 0.5) is 5.69 Å². The molecule has 2 N–H and O–H groups in total. The number of amides is 1. The molecule has 3 heteroatoms. The molecule has 0 spiro atoms. The van der Waals surface area contributed by atoms with Gasteiger partial charge in [-0.05, 0) is 31.5 Å². The maximum Gasteiger partial charge on any atom is 0.226 e. The fourth-order valence-corrected chi connectivity index (χ4v) is 2.27. The fraction of sp³-hybridized carbons (Fsp3) is 0.588. The molecule has 0 aliphatic rings. The first-order chi connectivity index (χ1) is 9.79. The van der Waals surface area contributed by atoms with Gasteiger partial charge in [-0.3, -0.25) is 4.79 Å². The molecule has 0 aliphatic carbocycles. The van der Waals surface area contributed by atoms with Gasteiger partial charge in [0.05, 0.1) is 0 Å². The first-order valence-electron chi connectivity index (χ1n) is 7.85. The lowest BCUT2D eigenvalue weighted by Crippen LogP contribution is -2.32. The van der Waals surface area contributed by atoms with Crippen molar-refractivity contribution in [2.24, 2.45) is 5.73 Å². The predicted molar refractivity (Wildman–Crippen MR) is 85.8 cm³/mol. The molecule has 3 nitrogen and oxygen atoms in total. The minimum Gasteiger partial charge on any atom is -0.330 e. The first kappa shape index (κ1) is 16.7. The molecule has 1 aromatic rings. The Morgan fingerprint density at radius 3 is 2.40 bits per heavy atom. The molecule has 0 saturated heterocycles. The number of para-hydroxylation sites is 1. The second-order valence-electron chi connectivity index (χ2n) is 5.19. The third-order valence-electron chi connectivity index (χ3n) is 3.45. The molecule has 0 radical (unpaired) electrons. The molecular formula is C17H28N2O. The van der Waals surface area contributed by atoms with E-state index in [0.717, 1.165) is 24.9 Å². The quantitative estimate of drug-likeness (QED) is 0.662. The van der Waals surface area contributed by atoms with Crippen LogP contribution in [0.5, 0.6) is 0 Å². The van der Waals surface area contributed by atoms with Gasteiger partial charge in [-0.15, -0.1) is 0 Å². The summed E-state index contributed by atoms with van der Waals surface area (Å²) in [5.41, 5.74) is 6.56. The minimum atomic E-state index is 0.223. The van der Waals surface area contributed by atoms with Crippen LogP contribution in [0.25, 0.3) is 0 Å². The summed E-state index contributed by atoms with van der Waals surface area (Å²) in [6, 6.07) is 9.90. The zero-order valence-electron chi connectivity index (χ0n) is 12.7. The largest absolute Gasteiger partial charge is 0.330 e. The number of unbranched alkanes of at least 4 members (excludes halogenated alkanes) is 4. The van der Waals surface area contributed by atoms with Gasteiger partial charge in [0.2, 0.25) is 5.91 Å². The highest BCUT2D eigenvalue weighted by molar-refractivity contribution is 5.93. The van der Waals surface area contributed by atoms with Crippen molar-refractivity contribution < 1.29 is 4.79 Å². The smallest absolute Gasteiger partial charge is 0.226 e. The van der Waals surface area contributed by atoms with E-state index in [0.29, 0.717) is 19.5 Å². The second-order valence-corrected chi connectivity index (χ2v) is 5.19. The normalized spacial score (nSPS) is 10.5. The topological polar surface area (TPSA) is 46.3 Å². The molecule has 0 fully saturated rings. The van der Waals surface area contributed by atoms with E-state index in [-0.39, 0.29) is 5.91 Å². The molecule has 0 unspecified atom stereocenters. The molecule has 20 heavy (non-hydrogen) atoms. The third kappa shape index (κ3) is 6.20. The molecule has 0 aromatic heterocycles. The highest BCUT2D eigenvalue weighted by Gasteiger charge is 2.14. The zero-order chi connectivity index (χ0) is 14.6. The van der Waals surface area contributed by atoms with Gasteiger partial charge in [-0.1, -0.05) is 50.8 Å². The van der Waals surface area contributed by atoms with E-state index in [9.17, 15) is 4.79 Å². The van der Waals surface area contributed by atoms with Crippen LogP contribution in [0.2, 0.25) is 0 Å². The first-order valence-corrected chi connectivity index (χ1v) is 7.85. The number of hydrogen-bond donors (Lipinski definition) is 1. The van der Waals surface area contributed by atoms with Crippen molar-refractivity contribution in [2.45, 2.75) is 51.9 Å². The number of nitrogens with zero attached hydrogens (tertiary/aromatic N) is 1. The number of carbonyl (C=O) groups is 1. The number of anilines is 1. The van der Waals surface area contributed by atoms with E-state index in [1.165, 1.54) is 19.3 Å². The van der Waals surface area contributed by atoms with Gasteiger partial charge in [0.1, 0.15) is 0 Å². The lowest BCUT2D eigenvalue weighted by molar-refractivity contribution is -0.118. The monoisotopic (exact) mass is 276 g/mol. The average molecular weight is 276 g/mol. The van der Waals surface area contributed by atoms with Gasteiger partial charge >= 0.3 is 0 Å². The van der Waals surface area contributed by atoms with Gasteiger partial charge in [0.15, 0.2) is 0 Å². The molecule has 112 valence electrons. The van der Waals surface area contributed by atoms with Crippen molar-refractivity contribution in [3.05, 3.63) is 30.3 Å². The number of rotatable bonds is 10. The summed E-state index contributed by atoms with van der Waals surface area (Å²) in [5, 5.41) is 0. The number of benzene rings is 1. The van der Waals surface area contributed by atoms with Crippen molar-refractivity contribution in [3.8, 4) is 0 Å². The van der Waals surface area contributed by atoms with E-state index >= 15 is 0 Å². The van der Waals surface area contributed by atoms with Gasteiger partial charge < -0.3 is 10.6 Å². The Balaban J connectivity index is 2.48. The van der Waals surface area contributed by atoms with Crippen molar-refractivity contribution in [2.75, 3.05) is 18.0 Å². The van der Waals surface area contributed by atoms with Gasteiger partial charge in [-0.25, -0.2) is 0 Å². The summed E-state index contributed by atoms with van der Waals surface area (Å²) < 4.78 is 0. The van der Waals surface area contributed by atoms with E-state index < -0.39 is 0 Å². The Labute approximate surface area is 123 Å². The Hall–Kier alpha value is -1.35. The maximum absolute atomic E-state index is 12.4. The van der Waals surface area contributed by atoms with Crippen LogP contribution in [0.1, 0.15) is 51.9 Å². The van der Waals surface area contributed by atoms with Gasteiger partial charge in [0.25, 0.3) is 0 Å². The van der Waals surface area contributed by atoms with Crippen LogP contribution < -0.4 is 10.6 Å². The van der Waals surface area contributed by atoms with Crippen LogP contribution in [-0.4, -0.2) is 19.0 Å². The molecule has 1 rings (SSSR count). The standard InChI is InChI=1S/C17H28N2O/c1-2-3-4-5-9-13-17(20)19(15-10-14-18)16-11-7-6-8-12-16/h6-8,11-12H,2-5,9-10,13-15,18H2,1H3. The van der Waals surface area contributed by atoms with Crippen molar-refractivity contribution in [1.82, 2.24) is 0 Å². The number of carbonyl (C=O) groups excluding carboxylic acids is 1. The molecule has 0 aliphatic heterocycles. The van der Waals surface area contributed by atoms with Crippen LogP contribution in [0.15, 0.2) is 30.3 Å². The molecule has 0 bridgehead atoms. The molecule has 0 saturated carbocycles. The molecule has 1 amide bonds. The van der Waals surface area contributed by atoms with Crippen molar-refractivity contribution >= 4 is 11.6 Å². The Bertz CT molecular complexity index is 365. The summed E-state index contributed by atoms with van der Waals surface area (Å²) in [6.07, 6.45) is 7.37. The molecule has 1 aromatic carbocycles. The average Bonchev–Trinajstić information content (AvgIpc) is 2.48. The summed E-state index contributed by atoms with van der Waals surface area (Å²) in [6.45, 7) is 3.54. The molecular weight excluding hydrogens is 248 g/mol. The number of nitrogens with two attached hydrogens (primary N) is 1. The predicted octanol–water partition coefficient (Wildman–Crippen LogP) is 3.73. The van der Waals surface area contributed by atoms with Crippen LogP contribution >= 0.6 is 0 Å². The highest BCUT2D eigenvalue weighted by atomic mass is 16.2. The lowest BCUT2D eigenvalue weighted by Gasteiger charge is -2.22. The van der Waals surface area contributed by atoms with Crippen LogP contribution in [0, 0.1) is 0 Å². The minimum absolute atomic E-state index is 0.223. The zero-order valence-corrected chi connectivity index (χ0v) is 12.7. The van der Waals surface area contributed by atoms with E-state index in [1.54, 1.807) is 0 Å². The van der Waals surface area contributed by atoms with Crippen molar-refractivity contribution in [3.63, 3.8) is 0 Å². The van der Waals surface area contributed by atoms with E-state index in [1.807, 2.05) is 35.2 Å². The number of hydrogen-bond acceptors (Lipinski definition) is 2. The summed E-state index contributed by atoms with van der Waals surface area (Å²) in [4.78, 5) is 14.2. The Morgan fingerprint density at radius 1 is 1.05 bits per heavy atom. The Morgan fingerprint density at radius 2 is 1.75 bits per heavy atom. The summed E-state index contributed by atoms with van der Waals surface area (Å²) >= 11 is 0. The molecule has 0 atom stereocenters. The Kier molecular flexibility index (Phi) is 8.72. The second kappa shape index (κ2) is 10.4. The van der Waals surface area contributed by atoms with Gasteiger partial charge in [0, 0.05) is 18.7 Å². The van der Waals surface area contributed by atoms with E-state index in [2.05, 4.69) is 6.92 Å². The SMILES string of the molecule is CCCCCCCC(=O)N(CCCN)c1ccccc1. The third-order valence-corrected chi connectivity index (χ3v) is 3.45. The maximum atomic E-state index is 12.4. The lowest BCUT2D eigenvalue weighted by atomic mass is 10.1. The van der Waals surface area contributed by atoms with Crippen LogP contribution in [-0.2, 0) is 4.79 Å². The summed E-state index contributed by atoms with van der Waals surface area (Å²) in [7, 11) is 0. The fourth-order valence-electron chi connectivity index (χ4n) is 2.27.